The monoisotopic (exact) mass is 260 g/mol. The van der Waals surface area contributed by atoms with Crippen molar-refractivity contribution in [2.24, 2.45) is 0 Å². The molecule has 0 saturated heterocycles. The van der Waals surface area contributed by atoms with Gasteiger partial charge in [-0.15, -0.1) is 0 Å². The third kappa shape index (κ3) is 2.63. The highest BCUT2D eigenvalue weighted by molar-refractivity contribution is 5.46. The highest BCUT2D eigenvalue weighted by Gasteiger charge is 2.48. The van der Waals surface area contributed by atoms with Gasteiger partial charge in [-0.25, -0.2) is 0 Å². The van der Waals surface area contributed by atoms with Crippen LogP contribution in [0.4, 0.5) is 32.0 Å². The van der Waals surface area contributed by atoms with Gasteiger partial charge < -0.3 is 0 Å². The Hall–Kier alpha value is -1.87. The van der Waals surface area contributed by atoms with Gasteiger partial charge in [0.1, 0.15) is 11.8 Å². The summed E-state index contributed by atoms with van der Waals surface area (Å²) < 4.78 is 73.9. The summed E-state index contributed by atoms with van der Waals surface area (Å²) >= 11 is 0. The molecule has 0 aliphatic carbocycles. The fourth-order valence-electron chi connectivity index (χ4n) is 1.10. The van der Waals surface area contributed by atoms with Gasteiger partial charge in [-0.1, -0.05) is 0 Å². The van der Waals surface area contributed by atoms with Crippen LogP contribution in [0.15, 0.2) is 12.4 Å². The number of pyridine rings is 1. The Labute approximate surface area is 89.0 Å². The lowest BCUT2D eigenvalue weighted by molar-refractivity contribution is -0.388. The van der Waals surface area contributed by atoms with Crippen molar-refractivity contribution in [2.45, 2.75) is 12.4 Å². The van der Waals surface area contributed by atoms with Crippen LogP contribution in [0.25, 0.3) is 0 Å². The molecule has 0 bridgehead atoms. The van der Waals surface area contributed by atoms with Crippen LogP contribution >= 0.6 is 0 Å². The van der Waals surface area contributed by atoms with Gasteiger partial charge in [0.25, 0.3) is 5.69 Å². The molecule has 17 heavy (non-hydrogen) atoms. The van der Waals surface area contributed by atoms with E-state index in [9.17, 15) is 36.5 Å². The summed E-state index contributed by atoms with van der Waals surface area (Å²) in [5, 5.41) is 10.2. The van der Waals surface area contributed by atoms with Crippen LogP contribution in [-0.4, -0.2) is 9.91 Å². The topological polar surface area (TPSA) is 56.0 Å². The average Bonchev–Trinajstić information content (AvgIpc) is 2.13. The maximum absolute atomic E-state index is 12.4. The van der Waals surface area contributed by atoms with Crippen LogP contribution in [-0.2, 0) is 12.4 Å². The van der Waals surface area contributed by atoms with Gasteiger partial charge in [-0.2, -0.15) is 26.3 Å². The molecule has 0 amide bonds. The number of hydrogen-bond donors (Lipinski definition) is 0. The Balaban J connectivity index is 3.64. The zero-order valence-corrected chi connectivity index (χ0v) is 7.63. The molecule has 4 nitrogen and oxygen atoms in total. The van der Waals surface area contributed by atoms with E-state index in [0.29, 0.717) is 0 Å². The molecule has 0 aromatic carbocycles. The summed E-state index contributed by atoms with van der Waals surface area (Å²) in [6.45, 7) is 0. The lowest BCUT2D eigenvalue weighted by Crippen LogP contribution is -2.19. The number of alkyl halides is 6. The summed E-state index contributed by atoms with van der Waals surface area (Å²) in [5.41, 5.74) is -6.25. The van der Waals surface area contributed by atoms with Crippen molar-refractivity contribution in [3.05, 3.63) is 33.6 Å². The van der Waals surface area contributed by atoms with Crippen molar-refractivity contribution in [1.82, 2.24) is 4.98 Å². The zero-order chi connectivity index (χ0) is 13.4. The Morgan fingerprint density at radius 3 is 1.94 bits per heavy atom. The third-order valence-corrected chi connectivity index (χ3v) is 1.71. The molecule has 1 heterocycles. The zero-order valence-electron chi connectivity index (χ0n) is 7.63. The van der Waals surface area contributed by atoms with E-state index in [1.165, 1.54) is 0 Å². The van der Waals surface area contributed by atoms with Gasteiger partial charge in [-0.3, -0.25) is 15.1 Å². The number of aromatic nitrogens is 1. The van der Waals surface area contributed by atoms with E-state index in [1.807, 2.05) is 0 Å². The van der Waals surface area contributed by atoms with Crippen molar-refractivity contribution in [1.29, 1.82) is 0 Å². The second kappa shape index (κ2) is 3.86. The highest BCUT2D eigenvalue weighted by atomic mass is 19.4. The lowest BCUT2D eigenvalue weighted by Gasteiger charge is -2.14. The van der Waals surface area contributed by atoms with Crippen molar-refractivity contribution in [3.63, 3.8) is 0 Å². The van der Waals surface area contributed by atoms with E-state index in [0.717, 1.165) is 0 Å². The Bertz CT molecular complexity index is 453. The minimum Gasteiger partial charge on any atom is -0.258 e. The van der Waals surface area contributed by atoms with E-state index in [2.05, 4.69) is 4.98 Å². The first-order valence-corrected chi connectivity index (χ1v) is 3.82. The van der Waals surface area contributed by atoms with E-state index < -0.39 is 34.1 Å². The number of halogens is 6. The fourth-order valence-corrected chi connectivity index (χ4v) is 1.10. The largest absolute Gasteiger partial charge is 0.423 e. The summed E-state index contributed by atoms with van der Waals surface area (Å²) in [4.78, 5) is 11.5. The average molecular weight is 260 g/mol. The second-order valence-corrected chi connectivity index (χ2v) is 2.83. The maximum Gasteiger partial charge on any atom is 0.423 e. The molecule has 0 fully saturated rings. The van der Waals surface area contributed by atoms with Gasteiger partial charge in [0.2, 0.25) is 0 Å². The van der Waals surface area contributed by atoms with E-state index >= 15 is 0 Å². The molecule has 1 aromatic rings. The van der Waals surface area contributed by atoms with Gasteiger partial charge in [0.05, 0.1) is 10.5 Å². The number of hydrogen-bond acceptors (Lipinski definition) is 3. The highest BCUT2D eigenvalue weighted by Crippen LogP contribution is 2.43. The maximum atomic E-state index is 12.4. The second-order valence-electron chi connectivity index (χ2n) is 2.83. The summed E-state index contributed by atoms with van der Waals surface area (Å²) in [6.07, 6.45) is -10.8. The Morgan fingerprint density at radius 2 is 1.59 bits per heavy atom. The van der Waals surface area contributed by atoms with Crippen LogP contribution in [0.1, 0.15) is 11.1 Å². The molecule has 10 heteroatoms. The molecule has 1 aromatic heterocycles. The molecule has 94 valence electrons. The molecule has 0 saturated carbocycles. The molecule has 0 aliphatic heterocycles. The van der Waals surface area contributed by atoms with Gasteiger partial charge in [-0.05, 0) is 0 Å². The predicted octanol–water partition coefficient (Wildman–Crippen LogP) is 3.03. The van der Waals surface area contributed by atoms with Gasteiger partial charge >= 0.3 is 12.4 Å². The summed E-state index contributed by atoms with van der Waals surface area (Å²) in [6, 6.07) is 0. The first kappa shape index (κ1) is 13.2. The van der Waals surface area contributed by atoms with Crippen LogP contribution < -0.4 is 0 Å². The molecular weight excluding hydrogens is 258 g/mol. The SMILES string of the molecule is O=[N+]([O-])c1cncc(C(F)(F)F)c1C(F)(F)F. The molecular formula is C7H2F6N2O2. The molecule has 0 aliphatic rings. The van der Waals surface area contributed by atoms with Gasteiger partial charge in [0, 0.05) is 6.20 Å². The van der Waals surface area contributed by atoms with Crippen LogP contribution in [0.2, 0.25) is 0 Å². The van der Waals surface area contributed by atoms with Crippen LogP contribution in [0.3, 0.4) is 0 Å². The van der Waals surface area contributed by atoms with Gasteiger partial charge in [0.15, 0.2) is 0 Å². The first-order valence-electron chi connectivity index (χ1n) is 3.82. The predicted molar refractivity (Wildman–Crippen MR) is 40.9 cm³/mol. The van der Waals surface area contributed by atoms with Crippen molar-refractivity contribution >= 4 is 5.69 Å². The van der Waals surface area contributed by atoms with Crippen LogP contribution in [0.5, 0.6) is 0 Å². The van der Waals surface area contributed by atoms with E-state index in [4.69, 9.17) is 0 Å². The number of nitro groups is 1. The summed E-state index contributed by atoms with van der Waals surface area (Å²) in [5.74, 6) is 0. The number of rotatable bonds is 1. The quantitative estimate of drug-likeness (QED) is 0.443. The third-order valence-electron chi connectivity index (χ3n) is 1.71. The van der Waals surface area contributed by atoms with E-state index in [1.54, 1.807) is 0 Å². The Morgan fingerprint density at radius 1 is 1.06 bits per heavy atom. The molecule has 1 rings (SSSR count). The van der Waals surface area contributed by atoms with Crippen molar-refractivity contribution in [3.8, 4) is 0 Å². The normalized spacial score (nSPS) is 12.6. The van der Waals surface area contributed by atoms with Crippen LogP contribution in [0, 0.1) is 10.1 Å². The molecule has 0 radical (unpaired) electrons. The van der Waals surface area contributed by atoms with Crippen molar-refractivity contribution < 1.29 is 31.3 Å². The first-order chi connectivity index (χ1) is 7.55. The Kier molecular flexibility index (Phi) is 2.99. The number of nitrogens with zero attached hydrogens (tertiary/aromatic N) is 2. The molecule has 0 unspecified atom stereocenters. The van der Waals surface area contributed by atoms with Crippen molar-refractivity contribution in [2.75, 3.05) is 0 Å². The smallest absolute Gasteiger partial charge is 0.258 e. The molecule has 0 N–H and O–H groups in total. The fraction of sp³-hybridized carbons (Fsp3) is 0.286. The minimum absolute atomic E-state index is 0.101. The minimum atomic E-state index is -5.49. The summed E-state index contributed by atoms with van der Waals surface area (Å²) in [7, 11) is 0. The molecule has 0 atom stereocenters. The van der Waals surface area contributed by atoms with E-state index in [-0.39, 0.29) is 12.4 Å². The lowest BCUT2D eigenvalue weighted by atomic mass is 10.1. The standard InChI is InChI=1S/C7H2F6N2O2/c8-6(9,10)3-1-14-2-4(15(16)17)5(3)7(11,12)13/h1-2H. The molecule has 0 spiro atoms.